The topological polar surface area (TPSA) is 29.5 Å². The van der Waals surface area contributed by atoms with Crippen molar-refractivity contribution >= 4 is 5.97 Å². The molecule has 1 saturated carbocycles. The molecule has 0 bridgehead atoms. The van der Waals surface area contributed by atoms with Crippen LogP contribution in [0.2, 0.25) is 0 Å². The van der Waals surface area contributed by atoms with Crippen molar-refractivity contribution < 1.29 is 9.53 Å². The lowest BCUT2D eigenvalue weighted by Crippen LogP contribution is -2.47. The van der Waals surface area contributed by atoms with E-state index < -0.39 is 0 Å². The number of carbonyl (C=O) groups is 1. The maximum atomic E-state index is 11.5. The van der Waals surface area contributed by atoms with Gasteiger partial charge in [0, 0.05) is 12.1 Å². The van der Waals surface area contributed by atoms with Crippen LogP contribution in [0.5, 0.6) is 0 Å². The molecule has 0 heterocycles. The summed E-state index contributed by atoms with van der Waals surface area (Å²) in [6.07, 6.45) is 3.74. The number of hydrogen-bond acceptors (Lipinski definition) is 3. The summed E-state index contributed by atoms with van der Waals surface area (Å²) in [6.45, 7) is 9.39. The molecular formula is C14H27NO2. The normalized spacial score (nSPS) is 29.7. The molecule has 3 heteroatoms. The zero-order valence-electron chi connectivity index (χ0n) is 11.9. The zero-order valence-corrected chi connectivity index (χ0v) is 11.9. The number of esters is 1. The molecule has 17 heavy (non-hydrogen) atoms. The second kappa shape index (κ2) is 6.39. The minimum absolute atomic E-state index is 0.121. The standard InChI is InChI=1S/C14H27NO2/c1-10(2)15(9-14(16)17-5)13-7-11(3)6-12(4)8-13/h10-13H,6-9H2,1-5H3. The lowest BCUT2D eigenvalue weighted by atomic mass is 9.79. The molecule has 0 spiro atoms. The van der Waals surface area contributed by atoms with Gasteiger partial charge in [-0.2, -0.15) is 0 Å². The van der Waals surface area contributed by atoms with Gasteiger partial charge in [-0.25, -0.2) is 0 Å². The van der Waals surface area contributed by atoms with Crippen molar-refractivity contribution in [2.24, 2.45) is 11.8 Å². The lowest BCUT2D eigenvalue weighted by molar-refractivity contribution is -0.143. The maximum absolute atomic E-state index is 11.5. The van der Waals surface area contributed by atoms with E-state index in [0.717, 1.165) is 11.8 Å². The Morgan fingerprint density at radius 3 is 2.18 bits per heavy atom. The molecule has 100 valence electrons. The summed E-state index contributed by atoms with van der Waals surface area (Å²) in [4.78, 5) is 13.8. The van der Waals surface area contributed by atoms with Crippen LogP contribution in [0.25, 0.3) is 0 Å². The highest BCUT2D eigenvalue weighted by molar-refractivity contribution is 5.71. The molecule has 2 unspecified atom stereocenters. The van der Waals surface area contributed by atoms with Crippen molar-refractivity contribution in [3.8, 4) is 0 Å². The van der Waals surface area contributed by atoms with Crippen LogP contribution in [0, 0.1) is 11.8 Å². The highest BCUT2D eigenvalue weighted by Gasteiger charge is 2.30. The van der Waals surface area contributed by atoms with E-state index in [1.54, 1.807) is 0 Å². The molecular weight excluding hydrogens is 214 g/mol. The molecule has 1 fully saturated rings. The Morgan fingerprint density at radius 2 is 1.76 bits per heavy atom. The third kappa shape index (κ3) is 4.30. The highest BCUT2D eigenvalue weighted by Crippen LogP contribution is 2.32. The molecule has 3 nitrogen and oxygen atoms in total. The molecule has 0 amide bonds. The Morgan fingerprint density at radius 1 is 1.24 bits per heavy atom. The van der Waals surface area contributed by atoms with Crippen molar-refractivity contribution in [1.82, 2.24) is 4.90 Å². The van der Waals surface area contributed by atoms with Gasteiger partial charge in [-0.1, -0.05) is 13.8 Å². The quantitative estimate of drug-likeness (QED) is 0.709. The van der Waals surface area contributed by atoms with Gasteiger partial charge in [-0.15, -0.1) is 0 Å². The fourth-order valence-corrected chi connectivity index (χ4v) is 3.12. The number of carbonyl (C=O) groups excluding carboxylic acids is 1. The first-order valence-corrected chi connectivity index (χ1v) is 6.76. The smallest absolute Gasteiger partial charge is 0.319 e. The van der Waals surface area contributed by atoms with E-state index in [1.165, 1.54) is 26.4 Å². The Bertz CT molecular complexity index is 243. The predicted octanol–water partition coefficient (Wildman–Crippen LogP) is 2.69. The van der Waals surface area contributed by atoms with Gasteiger partial charge < -0.3 is 4.74 Å². The van der Waals surface area contributed by atoms with E-state index in [1.807, 2.05) is 0 Å². The van der Waals surface area contributed by atoms with Crippen molar-refractivity contribution in [3.05, 3.63) is 0 Å². The van der Waals surface area contributed by atoms with Crippen LogP contribution in [0.1, 0.15) is 47.0 Å². The number of ether oxygens (including phenoxy) is 1. The Labute approximate surface area is 106 Å². The largest absolute Gasteiger partial charge is 0.468 e. The average Bonchev–Trinajstić information content (AvgIpc) is 2.23. The molecule has 2 atom stereocenters. The first kappa shape index (κ1) is 14.5. The summed E-state index contributed by atoms with van der Waals surface area (Å²) >= 11 is 0. The van der Waals surface area contributed by atoms with Gasteiger partial charge in [-0.05, 0) is 44.9 Å². The monoisotopic (exact) mass is 241 g/mol. The molecule has 0 aromatic heterocycles. The first-order valence-electron chi connectivity index (χ1n) is 6.76. The number of hydrogen-bond donors (Lipinski definition) is 0. The van der Waals surface area contributed by atoms with Gasteiger partial charge in [-0.3, -0.25) is 9.69 Å². The Kier molecular flexibility index (Phi) is 5.44. The lowest BCUT2D eigenvalue weighted by Gasteiger charge is -2.40. The molecule has 1 aliphatic carbocycles. The highest BCUT2D eigenvalue weighted by atomic mass is 16.5. The SMILES string of the molecule is COC(=O)CN(C(C)C)C1CC(C)CC(C)C1. The van der Waals surface area contributed by atoms with Gasteiger partial charge in [0.1, 0.15) is 0 Å². The summed E-state index contributed by atoms with van der Waals surface area (Å²) < 4.78 is 4.79. The molecule has 0 saturated heterocycles. The van der Waals surface area contributed by atoms with Gasteiger partial charge in [0.2, 0.25) is 0 Å². The third-order valence-corrected chi connectivity index (χ3v) is 3.83. The minimum atomic E-state index is -0.121. The molecule has 0 aliphatic heterocycles. The second-order valence-corrected chi connectivity index (χ2v) is 5.91. The first-order chi connectivity index (χ1) is 7.93. The van der Waals surface area contributed by atoms with Crippen molar-refractivity contribution in [2.75, 3.05) is 13.7 Å². The van der Waals surface area contributed by atoms with Gasteiger partial charge >= 0.3 is 5.97 Å². The molecule has 1 rings (SSSR count). The third-order valence-electron chi connectivity index (χ3n) is 3.83. The second-order valence-electron chi connectivity index (χ2n) is 5.91. The summed E-state index contributed by atoms with van der Waals surface area (Å²) in [5, 5.41) is 0. The number of nitrogens with zero attached hydrogens (tertiary/aromatic N) is 1. The van der Waals surface area contributed by atoms with E-state index in [-0.39, 0.29) is 5.97 Å². The number of rotatable bonds is 4. The van der Waals surface area contributed by atoms with E-state index in [2.05, 4.69) is 32.6 Å². The van der Waals surface area contributed by atoms with Crippen molar-refractivity contribution in [1.29, 1.82) is 0 Å². The van der Waals surface area contributed by atoms with Gasteiger partial charge in [0.05, 0.1) is 13.7 Å². The van der Waals surface area contributed by atoms with E-state index in [9.17, 15) is 4.79 Å². The van der Waals surface area contributed by atoms with E-state index >= 15 is 0 Å². The van der Waals surface area contributed by atoms with Gasteiger partial charge in [0.25, 0.3) is 0 Å². The van der Waals surface area contributed by atoms with E-state index in [4.69, 9.17) is 4.74 Å². The van der Waals surface area contributed by atoms with Crippen LogP contribution < -0.4 is 0 Å². The van der Waals surface area contributed by atoms with Crippen LogP contribution in [-0.4, -0.2) is 36.6 Å². The molecule has 0 aromatic carbocycles. The zero-order chi connectivity index (χ0) is 13.0. The van der Waals surface area contributed by atoms with Crippen LogP contribution in [0.4, 0.5) is 0 Å². The Balaban J connectivity index is 2.65. The van der Waals surface area contributed by atoms with Crippen molar-refractivity contribution in [3.63, 3.8) is 0 Å². The summed E-state index contributed by atoms with van der Waals surface area (Å²) in [5.74, 6) is 1.41. The van der Waals surface area contributed by atoms with Crippen LogP contribution in [-0.2, 0) is 9.53 Å². The minimum Gasteiger partial charge on any atom is -0.468 e. The molecule has 1 aliphatic rings. The molecule has 0 radical (unpaired) electrons. The fourth-order valence-electron chi connectivity index (χ4n) is 3.12. The van der Waals surface area contributed by atoms with Crippen LogP contribution in [0.3, 0.4) is 0 Å². The summed E-state index contributed by atoms with van der Waals surface area (Å²) in [5.41, 5.74) is 0. The average molecular weight is 241 g/mol. The van der Waals surface area contributed by atoms with Crippen LogP contribution >= 0.6 is 0 Å². The van der Waals surface area contributed by atoms with Gasteiger partial charge in [0.15, 0.2) is 0 Å². The maximum Gasteiger partial charge on any atom is 0.319 e. The fraction of sp³-hybridized carbons (Fsp3) is 0.929. The predicted molar refractivity (Wildman–Crippen MR) is 69.8 cm³/mol. The van der Waals surface area contributed by atoms with E-state index in [0.29, 0.717) is 18.6 Å². The Hall–Kier alpha value is -0.570. The summed E-state index contributed by atoms with van der Waals surface area (Å²) in [7, 11) is 1.47. The van der Waals surface area contributed by atoms with Crippen LogP contribution in [0.15, 0.2) is 0 Å². The molecule has 0 aromatic rings. The summed E-state index contributed by atoms with van der Waals surface area (Å²) in [6, 6.07) is 0.935. The molecule has 0 N–H and O–H groups in total. The van der Waals surface area contributed by atoms with Crippen molar-refractivity contribution in [2.45, 2.75) is 59.0 Å². The number of methoxy groups -OCH3 is 1.